The number of thiocarbonyl (C=S) groups is 1. The van der Waals surface area contributed by atoms with Crippen LogP contribution in [-0.4, -0.2) is 38.7 Å². The Bertz CT molecular complexity index is 1100. The van der Waals surface area contributed by atoms with Crippen molar-refractivity contribution < 1.29 is 0 Å². The van der Waals surface area contributed by atoms with E-state index in [1.165, 1.54) is 28.3 Å². The highest BCUT2D eigenvalue weighted by molar-refractivity contribution is 7.80. The van der Waals surface area contributed by atoms with Gasteiger partial charge in [0.05, 0.1) is 17.8 Å². The fourth-order valence-electron chi connectivity index (χ4n) is 5.14. The summed E-state index contributed by atoms with van der Waals surface area (Å²) in [7, 11) is 0. The molecule has 0 amide bonds. The monoisotopic (exact) mass is 461 g/mol. The molecular weight excluding hydrogens is 426 g/mol. The van der Waals surface area contributed by atoms with E-state index in [4.69, 9.17) is 12.2 Å². The second-order valence-corrected chi connectivity index (χ2v) is 9.36. The molecule has 2 aromatic heterocycles. The van der Waals surface area contributed by atoms with Gasteiger partial charge in [0.1, 0.15) is 0 Å². The van der Waals surface area contributed by atoms with Crippen LogP contribution in [0.1, 0.15) is 62.4 Å². The topological polar surface area (TPSA) is 36.3 Å². The summed E-state index contributed by atoms with van der Waals surface area (Å²) in [5.74, 6) is 0. The van der Waals surface area contributed by atoms with Gasteiger partial charge in [0.25, 0.3) is 0 Å². The Labute approximate surface area is 203 Å². The third kappa shape index (κ3) is 4.24. The summed E-state index contributed by atoms with van der Waals surface area (Å²) in [4.78, 5) is 9.36. The molecule has 3 heterocycles. The Morgan fingerprint density at radius 2 is 1.76 bits per heavy atom. The van der Waals surface area contributed by atoms with Gasteiger partial charge in [-0.25, -0.2) is 0 Å². The summed E-state index contributed by atoms with van der Waals surface area (Å²) in [5, 5.41) is 4.35. The summed E-state index contributed by atoms with van der Waals surface area (Å²) in [6.07, 6.45) is 1.86. The number of aromatic nitrogens is 2. The maximum atomic E-state index is 5.78. The molecule has 2 unspecified atom stereocenters. The van der Waals surface area contributed by atoms with Crippen LogP contribution >= 0.6 is 12.2 Å². The van der Waals surface area contributed by atoms with Crippen molar-refractivity contribution in [1.82, 2.24) is 19.8 Å². The second-order valence-electron chi connectivity index (χ2n) is 8.98. The maximum absolute atomic E-state index is 5.78. The first-order valence-electron chi connectivity index (χ1n) is 11.9. The fraction of sp³-hybridized carbons (Fsp3) is 0.407. The van der Waals surface area contributed by atoms with Gasteiger partial charge in [-0.15, -0.1) is 0 Å². The van der Waals surface area contributed by atoms with Crippen molar-refractivity contribution in [2.75, 3.05) is 18.0 Å². The van der Waals surface area contributed by atoms with Crippen LogP contribution in [-0.2, 0) is 0 Å². The van der Waals surface area contributed by atoms with Crippen LogP contribution < -0.4 is 10.2 Å². The molecule has 1 aliphatic rings. The minimum Gasteiger partial charge on any atom is -0.372 e. The number of pyridine rings is 1. The maximum Gasteiger partial charge on any atom is 0.170 e. The van der Waals surface area contributed by atoms with E-state index >= 15 is 0 Å². The second kappa shape index (κ2) is 9.56. The van der Waals surface area contributed by atoms with Crippen molar-refractivity contribution in [1.29, 1.82) is 0 Å². The molecule has 5 nitrogen and oxygen atoms in total. The van der Waals surface area contributed by atoms with Gasteiger partial charge in [-0.3, -0.25) is 4.98 Å². The fourth-order valence-corrected chi connectivity index (χ4v) is 5.59. The molecule has 0 radical (unpaired) electrons. The van der Waals surface area contributed by atoms with Crippen LogP contribution in [0.25, 0.3) is 5.69 Å². The highest BCUT2D eigenvalue weighted by Gasteiger charge is 2.42. The minimum absolute atomic E-state index is 0.0140. The molecule has 6 heteroatoms. The van der Waals surface area contributed by atoms with Crippen LogP contribution in [0.2, 0.25) is 0 Å². The van der Waals surface area contributed by atoms with Crippen molar-refractivity contribution in [3.8, 4) is 5.69 Å². The van der Waals surface area contributed by atoms with Gasteiger partial charge >= 0.3 is 0 Å². The standard InChI is InChI=1S/C27H35N5S/c1-7-30(8-2)21-12-14-22(15-13-21)32-19(5)17-23(20(32)6)26-25(24-11-9-10-16-28-24)29-27(33)31(26)18(3)4/h9-18,25-26H,7-8H2,1-6H3,(H,29,33). The summed E-state index contributed by atoms with van der Waals surface area (Å²) in [6.45, 7) is 15.2. The molecule has 0 spiro atoms. The number of nitrogens with one attached hydrogen (secondary N) is 1. The molecule has 33 heavy (non-hydrogen) atoms. The molecule has 3 aromatic rings. The molecule has 1 saturated heterocycles. The largest absolute Gasteiger partial charge is 0.372 e. The van der Waals surface area contributed by atoms with E-state index in [1.54, 1.807) is 0 Å². The molecule has 1 N–H and O–H groups in total. The lowest BCUT2D eigenvalue weighted by molar-refractivity contribution is 0.269. The van der Waals surface area contributed by atoms with Crippen molar-refractivity contribution >= 4 is 23.0 Å². The first-order chi connectivity index (χ1) is 15.9. The lowest BCUT2D eigenvalue weighted by Gasteiger charge is -2.31. The highest BCUT2D eigenvalue weighted by atomic mass is 32.1. The Morgan fingerprint density at radius 3 is 2.33 bits per heavy atom. The van der Waals surface area contributed by atoms with E-state index in [2.05, 4.69) is 103 Å². The van der Waals surface area contributed by atoms with Crippen LogP contribution in [0.3, 0.4) is 0 Å². The molecule has 1 aromatic carbocycles. The number of nitrogens with zero attached hydrogens (tertiary/aromatic N) is 4. The van der Waals surface area contributed by atoms with Crippen LogP contribution in [0.5, 0.6) is 0 Å². The summed E-state index contributed by atoms with van der Waals surface area (Å²) >= 11 is 5.78. The van der Waals surface area contributed by atoms with E-state index in [9.17, 15) is 0 Å². The minimum atomic E-state index is 0.0140. The van der Waals surface area contributed by atoms with E-state index in [-0.39, 0.29) is 18.1 Å². The van der Waals surface area contributed by atoms with Gasteiger partial charge in [0, 0.05) is 48.1 Å². The number of hydrogen-bond donors (Lipinski definition) is 1. The molecule has 1 aliphatic heterocycles. The number of hydrogen-bond acceptors (Lipinski definition) is 3. The Morgan fingerprint density at radius 1 is 1.06 bits per heavy atom. The zero-order valence-corrected chi connectivity index (χ0v) is 21.4. The quantitative estimate of drug-likeness (QED) is 0.456. The molecular formula is C27H35N5S. The SMILES string of the molecule is CCN(CC)c1ccc(-n2c(C)cc(C3C(c4ccccn4)NC(=S)N3C(C)C)c2C)cc1. The molecule has 1 fully saturated rings. The van der Waals surface area contributed by atoms with Gasteiger partial charge in [0.2, 0.25) is 0 Å². The van der Waals surface area contributed by atoms with Gasteiger partial charge in [-0.1, -0.05) is 6.07 Å². The molecule has 0 aliphatic carbocycles. The highest BCUT2D eigenvalue weighted by Crippen LogP contribution is 2.42. The smallest absolute Gasteiger partial charge is 0.170 e. The van der Waals surface area contributed by atoms with Crippen LogP contribution in [0, 0.1) is 13.8 Å². The summed E-state index contributed by atoms with van der Waals surface area (Å²) in [5.41, 5.74) is 7.22. The number of anilines is 1. The van der Waals surface area contributed by atoms with E-state index in [1.807, 2.05) is 18.3 Å². The average molecular weight is 462 g/mol. The molecule has 0 bridgehead atoms. The average Bonchev–Trinajstić information content (AvgIpc) is 3.31. The zero-order chi connectivity index (χ0) is 23.7. The lowest BCUT2D eigenvalue weighted by Crippen LogP contribution is -2.35. The predicted molar refractivity (Wildman–Crippen MR) is 141 cm³/mol. The first kappa shape index (κ1) is 23.3. The van der Waals surface area contributed by atoms with Gasteiger partial charge < -0.3 is 19.7 Å². The van der Waals surface area contributed by atoms with Crippen LogP contribution in [0.15, 0.2) is 54.7 Å². The zero-order valence-electron chi connectivity index (χ0n) is 20.5. The Hall–Kier alpha value is -2.86. The molecule has 174 valence electrons. The van der Waals surface area contributed by atoms with E-state index < -0.39 is 0 Å². The lowest BCUT2D eigenvalue weighted by atomic mass is 9.96. The predicted octanol–water partition coefficient (Wildman–Crippen LogP) is 5.72. The van der Waals surface area contributed by atoms with Crippen molar-refractivity contribution in [3.63, 3.8) is 0 Å². The summed E-state index contributed by atoms with van der Waals surface area (Å²) < 4.78 is 2.36. The Kier molecular flexibility index (Phi) is 6.75. The van der Waals surface area contributed by atoms with E-state index in [0.717, 1.165) is 23.9 Å². The van der Waals surface area contributed by atoms with Gasteiger partial charge in [-0.05, 0) is 102 Å². The summed E-state index contributed by atoms with van der Waals surface area (Å²) in [6, 6.07) is 17.7. The third-order valence-corrected chi connectivity index (χ3v) is 7.05. The Balaban J connectivity index is 1.77. The number of benzene rings is 1. The molecule has 0 saturated carbocycles. The van der Waals surface area contributed by atoms with Crippen LogP contribution in [0.4, 0.5) is 5.69 Å². The molecule has 4 rings (SSSR count). The van der Waals surface area contributed by atoms with Gasteiger partial charge in [0.15, 0.2) is 5.11 Å². The van der Waals surface area contributed by atoms with E-state index in [0.29, 0.717) is 0 Å². The van der Waals surface area contributed by atoms with Gasteiger partial charge in [-0.2, -0.15) is 0 Å². The van der Waals surface area contributed by atoms with Crippen molar-refractivity contribution in [3.05, 3.63) is 77.4 Å². The number of rotatable bonds is 7. The third-order valence-electron chi connectivity index (χ3n) is 6.72. The van der Waals surface area contributed by atoms with Crippen molar-refractivity contribution in [2.24, 2.45) is 0 Å². The normalized spacial score (nSPS) is 18.2. The number of aryl methyl sites for hydroxylation is 1. The first-order valence-corrected chi connectivity index (χ1v) is 12.3. The molecule has 2 atom stereocenters. The van der Waals surface area contributed by atoms with Crippen molar-refractivity contribution in [2.45, 2.75) is 59.7 Å².